The Morgan fingerprint density at radius 2 is 2.13 bits per heavy atom. The lowest BCUT2D eigenvalue weighted by atomic mass is 10.1. The van der Waals surface area contributed by atoms with E-state index in [9.17, 15) is 0 Å². The highest BCUT2D eigenvalue weighted by Gasteiger charge is 2.28. The minimum Gasteiger partial charge on any atom is -0.492 e. The van der Waals surface area contributed by atoms with Gasteiger partial charge in [0.2, 0.25) is 0 Å². The van der Waals surface area contributed by atoms with Crippen LogP contribution in [0.3, 0.4) is 0 Å². The first-order valence-corrected chi connectivity index (χ1v) is 5.77. The van der Waals surface area contributed by atoms with Crippen molar-refractivity contribution in [2.24, 2.45) is 11.7 Å². The molecule has 0 amide bonds. The first-order valence-electron chi connectivity index (χ1n) is 5.77. The number of benzene rings is 1. The fraction of sp³-hybridized carbons (Fsp3) is 0.538. The first kappa shape index (κ1) is 10.5. The molecule has 0 saturated heterocycles. The van der Waals surface area contributed by atoms with Crippen LogP contribution in [0.25, 0.3) is 0 Å². The topological polar surface area (TPSA) is 35.2 Å². The van der Waals surface area contributed by atoms with Gasteiger partial charge in [0.15, 0.2) is 0 Å². The van der Waals surface area contributed by atoms with Gasteiger partial charge < -0.3 is 10.5 Å². The molecule has 1 aliphatic carbocycles. The molecule has 82 valence electrons. The molecule has 2 N–H and O–H groups in total. The van der Waals surface area contributed by atoms with Gasteiger partial charge in [-0.2, -0.15) is 0 Å². The lowest BCUT2D eigenvalue weighted by molar-refractivity contribution is 0.274. The van der Waals surface area contributed by atoms with Gasteiger partial charge in [0.05, 0.1) is 0 Å². The van der Waals surface area contributed by atoms with Crippen LogP contribution >= 0.6 is 0 Å². The molecule has 2 rings (SSSR count). The standard InChI is InChI=1S/C13H19NO/c1-2-10-5-3-4-6-13(10)15-9-12(14)11-7-8-11/h3-6,11-12H,2,7-9,14H2,1H3. The number of rotatable bonds is 5. The Morgan fingerprint density at radius 3 is 2.80 bits per heavy atom. The zero-order chi connectivity index (χ0) is 10.7. The van der Waals surface area contributed by atoms with Gasteiger partial charge in [-0.3, -0.25) is 0 Å². The van der Waals surface area contributed by atoms with Crippen molar-refractivity contribution in [1.29, 1.82) is 0 Å². The quantitative estimate of drug-likeness (QED) is 0.801. The van der Waals surface area contributed by atoms with Crippen LogP contribution in [-0.4, -0.2) is 12.6 Å². The third kappa shape index (κ3) is 2.72. The predicted molar refractivity (Wildman–Crippen MR) is 62.0 cm³/mol. The van der Waals surface area contributed by atoms with Gasteiger partial charge >= 0.3 is 0 Å². The minimum absolute atomic E-state index is 0.218. The molecule has 1 fully saturated rings. The molecule has 0 radical (unpaired) electrons. The highest BCUT2D eigenvalue weighted by molar-refractivity contribution is 5.33. The summed E-state index contributed by atoms with van der Waals surface area (Å²) in [5.41, 5.74) is 7.26. The summed E-state index contributed by atoms with van der Waals surface area (Å²) in [4.78, 5) is 0. The van der Waals surface area contributed by atoms with E-state index in [1.54, 1.807) is 0 Å². The average Bonchev–Trinajstić information content (AvgIpc) is 3.10. The Balaban J connectivity index is 1.91. The normalized spacial score (nSPS) is 17.5. The summed E-state index contributed by atoms with van der Waals surface area (Å²) >= 11 is 0. The number of nitrogens with two attached hydrogens (primary N) is 1. The molecule has 0 heterocycles. The Labute approximate surface area is 91.4 Å². The van der Waals surface area contributed by atoms with E-state index in [2.05, 4.69) is 13.0 Å². The molecule has 1 unspecified atom stereocenters. The van der Waals surface area contributed by atoms with Gasteiger partial charge in [0.1, 0.15) is 12.4 Å². The van der Waals surface area contributed by atoms with Crippen molar-refractivity contribution in [3.8, 4) is 5.75 Å². The summed E-state index contributed by atoms with van der Waals surface area (Å²) in [6, 6.07) is 8.41. The molecule has 0 aliphatic heterocycles. The van der Waals surface area contributed by atoms with Crippen molar-refractivity contribution in [1.82, 2.24) is 0 Å². The molecule has 15 heavy (non-hydrogen) atoms. The molecule has 1 aliphatic rings. The fourth-order valence-corrected chi connectivity index (χ4v) is 1.78. The van der Waals surface area contributed by atoms with E-state index in [4.69, 9.17) is 10.5 Å². The Hall–Kier alpha value is -1.02. The van der Waals surface area contributed by atoms with Gasteiger partial charge in [-0.05, 0) is 36.8 Å². The average molecular weight is 205 g/mol. The lowest BCUT2D eigenvalue weighted by Gasteiger charge is -2.14. The molecule has 2 heteroatoms. The van der Waals surface area contributed by atoms with Crippen molar-refractivity contribution < 1.29 is 4.74 Å². The molecule has 1 aromatic carbocycles. The number of para-hydroxylation sites is 1. The van der Waals surface area contributed by atoms with Crippen LogP contribution in [0.1, 0.15) is 25.3 Å². The lowest BCUT2D eigenvalue weighted by Crippen LogP contribution is -2.30. The van der Waals surface area contributed by atoms with E-state index in [0.29, 0.717) is 12.5 Å². The van der Waals surface area contributed by atoms with Crippen molar-refractivity contribution >= 4 is 0 Å². The largest absolute Gasteiger partial charge is 0.492 e. The van der Waals surface area contributed by atoms with Gasteiger partial charge in [-0.1, -0.05) is 25.1 Å². The maximum absolute atomic E-state index is 5.99. The molecule has 1 saturated carbocycles. The van der Waals surface area contributed by atoms with Crippen molar-refractivity contribution in [2.75, 3.05) is 6.61 Å². The fourth-order valence-electron chi connectivity index (χ4n) is 1.78. The summed E-state index contributed by atoms with van der Waals surface area (Å²) in [5.74, 6) is 1.70. The van der Waals surface area contributed by atoms with Crippen LogP contribution in [0, 0.1) is 5.92 Å². The third-order valence-electron chi connectivity index (χ3n) is 3.01. The van der Waals surface area contributed by atoms with Gasteiger partial charge in [0, 0.05) is 6.04 Å². The predicted octanol–water partition coefficient (Wildman–Crippen LogP) is 2.37. The van der Waals surface area contributed by atoms with Crippen LogP contribution in [0.5, 0.6) is 5.75 Å². The van der Waals surface area contributed by atoms with Crippen molar-refractivity contribution in [2.45, 2.75) is 32.2 Å². The Bertz CT molecular complexity index is 320. The molecule has 2 nitrogen and oxygen atoms in total. The summed E-state index contributed by atoms with van der Waals surface area (Å²) in [6.45, 7) is 2.80. The van der Waals surface area contributed by atoms with E-state index in [1.165, 1.54) is 18.4 Å². The van der Waals surface area contributed by atoms with Crippen LogP contribution in [0.15, 0.2) is 24.3 Å². The van der Waals surface area contributed by atoms with Crippen molar-refractivity contribution in [3.63, 3.8) is 0 Å². The van der Waals surface area contributed by atoms with E-state index in [0.717, 1.165) is 12.2 Å². The van der Waals surface area contributed by atoms with E-state index in [-0.39, 0.29) is 6.04 Å². The van der Waals surface area contributed by atoms with E-state index in [1.807, 2.05) is 18.2 Å². The highest BCUT2D eigenvalue weighted by atomic mass is 16.5. The van der Waals surface area contributed by atoms with Gasteiger partial charge in [-0.25, -0.2) is 0 Å². The highest BCUT2D eigenvalue weighted by Crippen LogP contribution is 2.32. The molecule has 1 aromatic rings. The molecule has 1 atom stereocenters. The second kappa shape index (κ2) is 4.67. The molecular weight excluding hydrogens is 186 g/mol. The second-order valence-electron chi connectivity index (χ2n) is 4.27. The van der Waals surface area contributed by atoms with Gasteiger partial charge in [-0.15, -0.1) is 0 Å². The summed E-state index contributed by atoms with van der Waals surface area (Å²) < 4.78 is 5.77. The SMILES string of the molecule is CCc1ccccc1OCC(N)C1CC1. The summed E-state index contributed by atoms with van der Waals surface area (Å²) in [7, 11) is 0. The Kier molecular flexibility index (Phi) is 3.27. The summed E-state index contributed by atoms with van der Waals surface area (Å²) in [6.07, 6.45) is 3.56. The monoisotopic (exact) mass is 205 g/mol. The maximum atomic E-state index is 5.99. The first-order chi connectivity index (χ1) is 7.31. The minimum atomic E-state index is 0.218. The van der Waals surface area contributed by atoms with E-state index >= 15 is 0 Å². The molecule has 0 spiro atoms. The number of aryl methyl sites for hydroxylation is 1. The number of hydrogen-bond donors (Lipinski definition) is 1. The second-order valence-corrected chi connectivity index (χ2v) is 4.27. The number of ether oxygens (including phenoxy) is 1. The molecule has 0 aromatic heterocycles. The smallest absolute Gasteiger partial charge is 0.122 e. The Morgan fingerprint density at radius 1 is 1.40 bits per heavy atom. The van der Waals surface area contributed by atoms with Gasteiger partial charge in [0.25, 0.3) is 0 Å². The van der Waals surface area contributed by atoms with Crippen LogP contribution in [-0.2, 0) is 6.42 Å². The van der Waals surface area contributed by atoms with Crippen LogP contribution in [0.4, 0.5) is 0 Å². The molecule has 0 bridgehead atoms. The number of hydrogen-bond acceptors (Lipinski definition) is 2. The third-order valence-corrected chi connectivity index (χ3v) is 3.01. The zero-order valence-corrected chi connectivity index (χ0v) is 9.28. The zero-order valence-electron chi connectivity index (χ0n) is 9.28. The van der Waals surface area contributed by atoms with Crippen molar-refractivity contribution in [3.05, 3.63) is 29.8 Å². The molecular formula is C13H19NO. The van der Waals surface area contributed by atoms with Crippen LogP contribution < -0.4 is 10.5 Å². The maximum Gasteiger partial charge on any atom is 0.122 e. The van der Waals surface area contributed by atoms with E-state index < -0.39 is 0 Å². The summed E-state index contributed by atoms with van der Waals surface area (Å²) in [5, 5.41) is 0. The van der Waals surface area contributed by atoms with Crippen LogP contribution in [0.2, 0.25) is 0 Å².